The van der Waals surface area contributed by atoms with Crippen LogP contribution in [0.5, 0.6) is 0 Å². The molecular formula is C13H19NOS. The molecule has 0 saturated heterocycles. The third kappa shape index (κ3) is 5.21. The Morgan fingerprint density at radius 3 is 2.62 bits per heavy atom. The smallest absolute Gasteiger partial charge is 0.234 e. The minimum Gasteiger partial charge on any atom is -0.325 e. The molecule has 1 aromatic rings. The lowest BCUT2D eigenvalue weighted by atomic mass is 10.2. The Labute approximate surface area is 102 Å². The van der Waals surface area contributed by atoms with E-state index in [-0.39, 0.29) is 10.7 Å². The SMILES string of the molecule is Cc1cccc(NC(=O)CSC(C)(C)C)c1. The largest absolute Gasteiger partial charge is 0.325 e. The van der Waals surface area contributed by atoms with Gasteiger partial charge < -0.3 is 5.32 Å². The normalized spacial score (nSPS) is 11.2. The van der Waals surface area contributed by atoms with Crippen LogP contribution >= 0.6 is 11.8 Å². The van der Waals surface area contributed by atoms with Crippen molar-refractivity contribution in [2.45, 2.75) is 32.4 Å². The molecule has 1 rings (SSSR count). The van der Waals surface area contributed by atoms with E-state index < -0.39 is 0 Å². The summed E-state index contributed by atoms with van der Waals surface area (Å²) in [5.74, 6) is 0.558. The van der Waals surface area contributed by atoms with Gasteiger partial charge in [-0.1, -0.05) is 32.9 Å². The van der Waals surface area contributed by atoms with E-state index in [0.29, 0.717) is 5.75 Å². The van der Waals surface area contributed by atoms with E-state index in [1.54, 1.807) is 11.8 Å². The Hall–Kier alpha value is -0.960. The molecule has 0 unspecified atom stereocenters. The molecule has 0 radical (unpaired) electrons. The molecular weight excluding hydrogens is 218 g/mol. The quantitative estimate of drug-likeness (QED) is 0.872. The number of aryl methyl sites for hydroxylation is 1. The standard InChI is InChI=1S/C13H19NOS/c1-10-6-5-7-11(8-10)14-12(15)9-16-13(2,3)4/h5-8H,9H2,1-4H3,(H,14,15). The van der Waals surface area contributed by atoms with Crippen LogP contribution in [0.4, 0.5) is 5.69 Å². The van der Waals surface area contributed by atoms with Gasteiger partial charge in [0.15, 0.2) is 0 Å². The maximum atomic E-state index is 11.6. The second kappa shape index (κ2) is 5.39. The van der Waals surface area contributed by atoms with Crippen LogP contribution in [-0.4, -0.2) is 16.4 Å². The second-order valence-corrected chi connectivity index (χ2v) is 6.62. The zero-order chi connectivity index (χ0) is 12.2. The molecule has 1 aromatic carbocycles. The van der Waals surface area contributed by atoms with Crippen molar-refractivity contribution in [2.24, 2.45) is 0 Å². The van der Waals surface area contributed by atoms with E-state index in [9.17, 15) is 4.79 Å². The Kier molecular flexibility index (Phi) is 4.42. The van der Waals surface area contributed by atoms with Gasteiger partial charge in [-0.2, -0.15) is 0 Å². The van der Waals surface area contributed by atoms with Gasteiger partial charge in [0, 0.05) is 10.4 Å². The molecule has 2 nitrogen and oxygen atoms in total. The van der Waals surface area contributed by atoms with E-state index in [4.69, 9.17) is 0 Å². The average Bonchev–Trinajstić information content (AvgIpc) is 2.14. The zero-order valence-electron chi connectivity index (χ0n) is 10.3. The molecule has 0 aliphatic carbocycles. The van der Waals surface area contributed by atoms with Crippen LogP contribution in [0.1, 0.15) is 26.3 Å². The van der Waals surface area contributed by atoms with Crippen molar-refractivity contribution in [1.82, 2.24) is 0 Å². The van der Waals surface area contributed by atoms with Crippen molar-refractivity contribution >= 4 is 23.4 Å². The summed E-state index contributed by atoms with van der Waals surface area (Å²) in [7, 11) is 0. The second-order valence-electron chi connectivity index (χ2n) is 4.82. The highest BCUT2D eigenvalue weighted by molar-refractivity contribution is 8.01. The molecule has 0 fully saturated rings. The minimum atomic E-state index is 0.0607. The van der Waals surface area contributed by atoms with Gasteiger partial charge in [-0.05, 0) is 24.6 Å². The van der Waals surface area contributed by atoms with Gasteiger partial charge in [-0.3, -0.25) is 4.79 Å². The molecule has 16 heavy (non-hydrogen) atoms. The third-order valence-electron chi connectivity index (χ3n) is 1.94. The van der Waals surface area contributed by atoms with Crippen LogP contribution in [0, 0.1) is 6.92 Å². The summed E-state index contributed by atoms with van der Waals surface area (Å²) < 4.78 is 0.129. The van der Waals surface area contributed by atoms with Crippen molar-refractivity contribution in [2.75, 3.05) is 11.1 Å². The van der Waals surface area contributed by atoms with Crippen molar-refractivity contribution < 1.29 is 4.79 Å². The number of nitrogens with one attached hydrogen (secondary N) is 1. The molecule has 0 bridgehead atoms. The van der Waals surface area contributed by atoms with Gasteiger partial charge in [0.25, 0.3) is 0 Å². The van der Waals surface area contributed by atoms with Crippen LogP contribution in [0.3, 0.4) is 0 Å². The molecule has 0 aliphatic rings. The molecule has 0 atom stereocenters. The van der Waals surface area contributed by atoms with Gasteiger partial charge in [0.05, 0.1) is 5.75 Å². The van der Waals surface area contributed by atoms with E-state index in [2.05, 4.69) is 26.1 Å². The summed E-state index contributed by atoms with van der Waals surface area (Å²) in [6, 6.07) is 7.84. The average molecular weight is 237 g/mol. The van der Waals surface area contributed by atoms with Gasteiger partial charge in [0.2, 0.25) is 5.91 Å². The summed E-state index contributed by atoms with van der Waals surface area (Å²) >= 11 is 1.65. The molecule has 1 amide bonds. The predicted molar refractivity (Wildman–Crippen MR) is 72.0 cm³/mol. The highest BCUT2D eigenvalue weighted by atomic mass is 32.2. The molecule has 0 heterocycles. The molecule has 0 aliphatic heterocycles. The summed E-state index contributed by atoms with van der Waals surface area (Å²) in [4.78, 5) is 11.6. The number of amides is 1. The van der Waals surface area contributed by atoms with Crippen LogP contribution in [0.25, 0.3) is 0 Å². The number of hydrogen-bond donors (Lipinski definition) is 1. The summed E-state index contributed by atoms with van der Waals surface area (Å²) in [6.07, 6.45) is 0. The topological polar surface area (TPSA) is 29.1 Å². The maximum Gasteiger partial charge on any atom is 0.234 e. The van der Waals surface area contributed by atoms with Crippen molar-refractivity contribution in [1.29, 1.82) is 0 Å². The van der Waals surface area contributed by atoms with E-state index >= 15 is 0 Å². The number of carbonyl (C=O) groups is 1. The molecule has 0 saturated carbocycles. The highest BCUT2D eigenvalue weighted by Crippen LogP contribution is 2.23. The Bertz CT molecular complexity index is 368. The van der Waals surface area contributed by atoms with E-state index in [1.807, 2.05) is 31.2 Å². The fraction of sp³-hybridized carbons (Fsp3) is 0.462. The van der Waals surface area contributed by atoms with Crippen LogP contribution in [0.15, 0.2) is 24.3 Å². The molecule has 3 heteroatoms. The van der Waals surface area contributed by atoms with Gasteiger partial charge >= 0.3 is 0 Å². The Morgan fingerprint density at radius 1 is 1.38 bits per heavy atom. The lowest BCUT2D eigenvalue weighted by molar-refractivity contribution is -0.113. The third-order valence-corrected chi connectivity index (χ3v) is 3.21. The van der Waals surface area contributed by atoms with Crippen LogP contribution < -0.4 is 5.32 Å². The number of benzene rings is 1. The first-order valence-corrected chi connectivity index (χ1v) is 6.36. The fourth-order valence-electron chi connectivity index (χ4n) is 1.20. The lowest BCUT2D eigenvalue weighted by Crippen LogP contribution is -2.18. The molecule has 88 valence electrons. The maximum absolute atomic E-state index is 11.6. The van der Waals surface area contributed by atoms with Crippen molar-refractivity contribution in [3.8, 4) is 0 Å². The van der Waals surface area contributed by atoms with Crippen LogP contribution in [0.2, 0.25) is 0 Å². The zero-order valence-corrected chi connectivity index (χ0v) is 11.1. The Morgan fingerprint density at radius 2 is 2.06 bits per heavy atom. The summed E-state index contributed by atoms with van der Waals surface area (Å²) in [6.45, 7) is 8.34. The first-order valence-electron chi connectivity index (χ1n) is 5.37. The Balaban J connectivity index is 2.46. The summed E-state index contributed by atoms with van der Waals surface area (Å²) in [5, 5.41) is 2.90. The first kappa shape index (κ1) is 13.1. The number of hydrogen-bond acceptors (Lipinski definition) is 2. The van der Waals surface area contributed by atoms with Crippen molar-refractivity contribution in [3.63, 3.8) is 0 Å². The van der Waals surface area contributed by atoms with Crippen molar-refractivity contribution in [3.05, 3.63) is 29.8 Å². The number of carbonyl (C=O) groups excluding carboxylic acids is 1. The number of rotatable bonds is 3. The first-order chi connectivity index (χ1) is 7.37. The monoisotopic (exact) mass is 237 g/mol. The summed E-state index contributed by atoms with van der Waals surface area (Å²) in [5.41, 5.74) is 2.03. The van der Waals surface area contributed by atoms with Gasteiger partial charge in [-0.25, -0.2) is 0 Å². The number of thioether (sulfide) groups is 1. The molecule has 0 spiro atoms. The minimum absolute atomic E-state index is 0.0607. The molecule has 0 aromatic heterocycles. The molecule has 1 N–H and O–H groups in total. The van der Waals surface area contributed by atoms with Gasteiger partial charge in [-0.15, -0.1) is 11.8 Å². The van der Waals surface area contributed by atoms with Crippen LogP contribution in [-0.2, 0) is 4.79 Å². The fourth-order valence-corrected chi connectivity index (χ4v) is 1.84. The van der Waals surface area contributed by atoms with E-state index in [0.717, 1.165) is 11.3 Å². The van der Waals surface area contributed by atoms with Gasteiger partial charge in [0.1, 0.15) is 0 Å². The predicted octanol–water partition coefficient (Wildman–Crippen LogP) is 3.47. The number of anilines is 1. The van der Waals surface area contributed by atoms with E-state index in [1.165, 1.54) is 0 Å². The lowest BCUT2D eigenvalue weighted by Gasteiger charge is -2.17. The highest BCUT2D eigenvalue weighted by Gasteiger charge is 2.13.